The average Bonchev–Trinajstić information content (AvgIpc) is 2.88. The topological polar surface area (TPSA) is 19.0 Å². The molecule has 3 aromatic rings. The molecular weight excluding hydrogens is 268 g/mol. The van der Waals surface area contributed by atoms with Crippen LogP contribution in [0.1, 0.15) is 27.9 Å². The summed E-state index contributed by atoms with van der Waals surface area (Å²) >= 11 is 0. The van der Waals surface area contributed by atoms with Gasteiger partial charge in [0.1, 0.15) is 0 Å². The van der Waals surface area contributed by atoms with Crippen LogP contribution in [0.25, 0.3) is 10.9 Å². The van der Waals surface area contributed by atoms with Crippen LogP contribution in [-0.2, 0) is 19.5 Å². The summed E-state index contributed by atoms with van der Waals surface area (Å²) in [7, 11) is 0. The summed E-state index contributed by atoms with van der Waals surface area (Å²) < 4.78 is 0. The normalized spacial score (nSPS) is 15.2. The van der Waals surface area contributed by atoms with E-state index in [2.05, 4.69) is 66.2 Å². The van der Waals surface area contributed by atoms with Crippen LogP contribution in [0.3, 0.4) is 0 Å². The molecule has 1 aliphatic heterocycles. The summed E-state index contributed by atoms with van der Waals surface area (Å²) in [6.07, 6.45) is 1.16. The van der Waals surface area contributed by atoms with Crippen molar-refractivity contribution in [2.24, 2.45) is 0 Å². The monoisotopic (exact) mass is 290 g/mol. The Morgan fingerprint density at radius 2 is 1.77 bits per heavy atom. The Balaban J connectivity index is 1.54. The summed E-state index contributed by atoms with van der Waals surface area (Å²) in [5.41, 5.74) is 8.27. The second-order valence-corrected chi connectivity index (χ2v) is 6.62. The first-order chi connectivity index (χ1) is 10.7. The van der Waals surface area contributed by atoms with Crippen LogP contribution in [0.4, 0.5) is 0 Å². The van der Waals surface area contributed by atoms with E-state index < -0.39 is 0 Å². The zero-order valence-corrected chi connectivity index (χ0v) is 13.3. The van der Waals surface area contributed by atoms with Gasteiger partial charge in [0.05, 0.1) is 0 Å². The molecular formula is C20H22N2. The number of nitrogens with one attached hydrogen (secondary N) is 1. The fourth-order valence-corrected chi connectivity index (χ4v) is 3.50. The van der Waals surface area contributed by atoms with E-state index in [9.17, 15) is 0 Å². The van der Waals surface area contributed by atoms with Crippen molar-refractivity contribution in [3.8, 4) is 0 Å². The molecule has 22 heavy (non-hydrogen) atoms. The molecule has 0 amide bonds. The molecule has 1 aromatic heterocycles. The molecule has 0 saturated carbocycles. The standard InChI is InChI=1S/C20H22N2/c1-14-4-6-18-12-22(8-7-16(18)9-14)13-19-11-17-5-3-15(2)10-20(17)21-19/h3-6,9-11,21H,7-8,12-13H2,1-2H3. The van der Waals surface area contributed by atoms with Crippen molar-refractivity contribution < 1.29 is 0 Å². The number of aromatic nitrogens is 1. The van der Waals surface area contributed by atoms with Gasteiger partial charge in [0.2, 0.25) is 0 Å². The molecule has 4 rings (SSSR count). The lowest BCUT2D eigenvalue weighted by atomic mass is 9.97. The molecule has 0 atom stereocenters. The maximum Gasteiger partial charge on any atom is 0.0459 e. The minimum Gasteiger partial charge on any atom is -0.357 e. The third-order valence-corrected chi connectivity index (χ3v) is 4.68. The van der Waals surface area contributed by atoms with Crippen LogP contribution < -0.4 is 0 Å². The second kappa shape index (κ2) is 5.29. The molecule has 0 aliphatic carbocycles. The number of aryl methyl sites for hydroxylation is 2. The highest BCUT2D eigenvalue weighted by molar-refractivity contribution is 5.81. The van der Waals surface area contributed by atoms with Gasteiger partial charge in [-0.2, -0.15) is 0 Å². The van der Waals surface area contributed by atoms with E-state index in [1.165, 1.54) is 38.9 Å². The summed E-state index contributed by atoms with van der Waals surface area (Å²) in [4.78, 5) is 6.11. The Morgan fingerprint density at radius 3 is 2.68 bits per heavy atom. The first-order valence-electron chi connectivity index (χ1n) is 8.06. The predicted molar refractivity (Wildman–Crippen MR) is 92.0 cm³/mol. The van der Waals surface area contributed by atoms with Gasteiger partial charge in [-0.3, -0.25) is 4.90 Å². The summed E-state index contributed by atoms with van der Waals surface area (Å²) in [5.74, 6) is 0. The maximum atomic E-state index is 3.58. The highest BCUT2D eigenvalue weighted by Gasteiger charge is 2.17. The Labute approximate surface area is 131 Å². The molecule has 0 fully saturated rings. The molecule has 2 heterocycles. The first-order valence-corrected chi connectivity index (χ1v) is 8.06. The number of benzene rings is 2. The number of hydrogen-bond donors (Lipinski definition) is 1. The minimum atomic E-state index is 1.00. The lowest BCUT2D eigenvalue weighted by Gasteiger charge is -2.28. The Hall–Kier alpha value is -2.06. The number of hydrogen-bond acceptors (Lipinski definition) is 1. The third-order valence-electron chi connectivity index (χ3n) is 4.68. The van der Waals surface area contributed by atoms with E-state index in [1.807, 2.05) is 0 Å². The van der Waals surface area contributed by atoms with E-state index >= 15 is 0 Å². The average molecular weight is 290 g/mol. The second-order valence-electron chi connectivity index (χ2n) is 6.62. The zero-order valence-electron chi connectivity index (χ0n) is 13.3. The molecule has 0 unspecified atom stereocenters. The van der Waals surface area contributed by atoms with Gasteiger partial charge in [-0.25, -0.2) is 0 Å². The maximum absolute atomic E-state index is 3.58. The van der Waals surface area contributed by atoms with Gasteiger partial charge in [-0.1, -0.05) is 35.9 Å². The van der Waals surface area contributed by atoms with E-state index in [-0.39, 0.29) is 0 Å². The summed E-state index contributed by atoms with van der Waals surface area (Å²) in [6.45, 7) is 7.53. The van der Waals surface area contributed by atoms with E-state index in [4.69, 9.17) is 0 Å². The number of nitrogens with zero attached hydrogens (tertiary/aromatic N) is 1. The molecule has 2 aromatic carbocycles. The highest BCUT2D eigenvalue weighted by Crippen LogP contribution is 2.23. The Morgan fingerprint density at radius 1 is 0.955 bits per heavy atom. The third kappa shape index (κ3) is 2.55. The van der Waals surface area contributed by atoms with Crippen LogP contribution in [0.2, 0.25) is 0 Å². The van der Waals surface area contributed by atoms with Crippen LogP contribution in [0, 0.1) is 13.8 Å². The molecule has 2 nitrogen and oxygen atoms in total. The van der Waals surface area contributed by atoms with Gasteiger partial charge in [0.25, 0.3) is 0 Å². The molecule has 0 radical (unpaired) electrons. The van der Waals surface area contributed by atoms with Crippen molar-refractivity contribution in [2.45, 2.75) is 33.4 Å². The number of aromatic amines is 1. The first kappa shape index (κ1) is 13.6. The molecule has 0 bridgehead atoms. The zero-order chi connectivity index (χ0) is 15.1. The van der Waals surface area contributed by atoms with Crippen LogP contribution >= 0.6 is 0 Å². The SMILES string of the molecule is Cc1ccc2c(c1)CCN(Cc1cc3ccc(C)cc3[nH]1)C2. The van der Waals surface area contributed by atoms with Gasteiger partial charge in [0.15, 0.2) is 0 Å². The van der Waals surface area contributed by atoms with Crippen molar-refractivity contribution in [1.82, 2.24) is 9.88 Å². The predicted octanol–water partition coefficient (Wildman–Crippen LogP) is 4.34. The summed E-state index contributed by atoms with van der Waals surface area (Å²) in [6, 6.07) is 15.8. The van der Waals surface area contributed by atoms with Gasteiger partial charge in [-0.05, 0) is 54.5 Å². The van der Waals surface area contributed by atoms with E-state index in [0.717, 1.165) is 26.1 Å². The van der Waals surface area contributed by atoms with E-state index in [0.29, 0.717) is 0 Å². The lowest BCUT2D eigenvalue weighted by molar-refractivity contribution is 0.243. The van der Waals surface area contributed by atoms with Crippen molar-refractivity contribution in [3.63, 3.8) is 0 Å². The van der Waals surface area contributed by atoms with Gasteiger partial charge in [0, 0.05) is 30.8 Å². The van der Waals surface area contributed by atoms with Crippen LogP contribution in [0.5, 0.6) is 0 Å². The molecule has 1 aliphatic rings. The Bertz CT molecular complexity index is 829. The van der Waals surface area contributed by atoms with Gasteiger partial charge in [-0.15, -0.1) is 0 Å². The van der Waals surface area contributed by atoms with E-state index in [1.54, 1.807) is 0 Å². The largest absolute Gasteiger partial charge is 0.357 e. The number of rotatable bonds is 2. The molecule has 0 saturated heterocycles. The molecule has 1 N–H and O–H groups in total. The van der Waals surface area contributed by atoms with Gasteiger partial charge >= 0.3 is 0 Å². The Kier molecular flexibility index (Phi) is 3.27. The van der Waals surface area contributed by atoms with Crippen LogP contribution in [-0.4, -0.2) is 16.4 Å². The van der Waals surface area contributed by atoms with Gasteiger partial charge < -0.3 is 4.98 Å². The number of fused-ring (bicyclic) bond motifs is 2. The van der Waals surface area contributed by atoms with Crippen molar-refractivity contribution >= 4 is 10.9 Å². The lowest BCUT2D eigenvalue weighted by Crippen LogP contribution is -2.30. The molecule has 2 heteroatoms. The molecule has 112 valence electrons. The van der Waals surface area contributed by atoms with Crippen LogP contribution in [0.15, 0.2) is 42.5 Å². The fraction of sp³-hybridized carbons (Fsp3) is 0.300. The quantitative estimate of drug-likeness (QED) is 0.743. The highest BCUT2D eigenvalue weighted by atomic mass is 15.1. The molecule has 0 spiro atoms. The smallest absolute Gasteiger partial charge is 0.0459 e. The minimum absolute atomic E-state index is 1.00. The fourth-order valence-electron chi connectivity index (χ4n) is 3.50. The summed E-state index contributed by atoms with van der Waals surface area (Å²) in [5, 5.41) is 1.31. The van der Waals surface area contributed by atoms with Crippen molar-refractivity contribution in [2.75, 3.05) is 6.54 Å². The number of H-pyrrole nitrogens is 1. The van der Waals surface area contributed by atoms with Crippen molar-refractivity contribution in [1.29, 1.82) is 0 Å². The van der Waals surface area contributed by atoms with Crippen molar-refractivity contribution in [3.05, 3.63) is 70.4 Å².